The Balaban J connectivity index is 2.66. The first-order valence-corrected chi connectivity index (χ1v) is 5.31. The average molecular weight is 215 g/mol. The maximum atomic E-state index is 11.8. The summed E-state index contributed by atoms with van der Waals surface area (Å²) in [6, 6.07) is 9.42. The number of allylic oxidation sites excluding steroid dienone is 2. The number of nitrogens with one attached hydrogen (secondary N) is 1. The summed E-state index contributed by atoms with van der Waals surface area (Å²) in [5.74, 6) is 0.140. The van der Waals surface area contributed by atoms with E-state index in [0.29, 0.717) is 5.57 Å². The summed E-state index contributed by atoms with van der Waals surface area (Å²) < 4.78 is 0. The van der Waals surface area contributed by atoms with Crippen molar-refractivity contribution in [2.45, 2.75) is 13.8 Å². The Labute approximate surface area is 96.7 Å². The molecule has 0 saturated heterocycles. The standard InChI is InChI=1S/C14H17NO/c1-4-11(2)10-12(3)14(16)15-13-8-6-5-7-9-13/h4-11H,1H2,2-3H3,(H,15,16)/b12-10+. The lowest BCUT2D eigenvalue weighted by atomic mass is 10.1. The number of para-hydroxylation sites is 1. The van der Waals surface area contributed by atoms with Crippen molar-refractivity contribution in [2.75, 3.05) is 5.32 Å². The highest BCUT2D eigenvalue weighted by Crippen LogP contribution is 2.09. The van der Waals surface area contributed by atoms with E-state index in [1.807, 2.05) is 43.3 Å². The molecule has 1 unspecified atom stereocenters. The maximum Gasteiger partial charge on any atom is 0.250 e. The monoisotopic (exact) mass is 215 g/mol. The van der Waals surface area contributed by atoms with Crippen LogP contribution in [0.4, 0.5) is 5.69 Å². The van der Waals surface area contributed by atoms with E-state index in [2.05, 4.69) is 11.9 Å². The number of rotatable bonds is 4. The second-order valence-electron chi connectivity index (χ2n) is 3.76. The zero-order valence-corrected chi connectivity index (χ0v) is 9.73. The molecule has 0 radical (unpaired) electrons. The van der Waals surface area contributed by atoms with Gasteiger partial charge in [0.15, 0.2) is 0 Å². The third kappa shape index (κ3) is 3.73. The second kappa shape index (κ2) is 5.91. The zero-order valence-electron chi connectivity index (χ0n) is 9.73. The molecule has 16 heavy (non-hydrogen) atoms. The fraction of sp³-hybridized carbons (Fsp3) is 0.214. The van der Waals surface area contributed by atoms with Crippen LogP contribution >= 0.6 is 0 Å². The molecule has 0 bridgehead atoms. The van der Waals surface area contributed by atoms with Gasteiger partial charge in [-0.25, -0.2) is 0 Å². The highest BCUT2D eigenvalue weighted by atomic mass is 16.1. The first-order chi connectivity index (χ1) is 7.63. The van der Waals surface area contributed by atoms with Crippen molar-refractivity contribution in [1.82, 2.24) is 0 Å². The molecular weight excluding hydrogens is 198 g/mol. The number of carbonyl (C=O) groups excluding carboxylic acids is 1. The van der Waals surface area contributed by atoms with Crippen molar-refractivity contribution in [3.63, 3.8) is 0 Å². The minimum absolute atomic E-state index is 0.0695. The lowest BCUT2D eigenvalue weighted by Crippen LogP contribution is -2.13. The van der Waals surface area contributed by atoms with E-state index in [1.165, 1.54) is 0 Å². The molecule has 2 nitrogen and oxygen atoms in total. The van der Waals surface area contributed by atoms with Crippen LogP contribution in [0.25, 0.3) is 0 Å². The van der Waals surface area contributed by atoms with Gasteiger partial charge in [0.1, 0.15) is 0 Å². The van der Waals surface area contributed by atoms with Crippen LogP contribution in [0.1, 0.15) is 13.8 Å². The Morgan fingerprint density at radius 2 is 2.00 bits per heavy atom. The van der Waals surface area contributed by atoms with Gasteiger partial charge >= 0.3 is 0 Å². The summed E-state index contributed by atoms with van der Waals surface area (Å²) in [5, 5.41) is 2.83. The van der Waals surface area contributed by atoms with Crippen LogP contribution in [-0.2, 0) is 4.79 Å². The van der Waals surface area contributed by atoms with Gasteiger partial charge in [-0.15, -0.1) is 6.58 Å². The molecule has 84 valence electrons. The zero-order chi connectivity index (χ0) is 12.0. The summed E-state index contributed by atoms with van der Waals surface area (Å²) in [5.41, 5.74) is 1.52. The highest BCUT2D eigenvalue weighted by Gasteiger charge is 2.04. The van der Waals surface area contributed by atoms with Crippen molar-refractivity contribution >= 4 is 11.6 Å². The minimum Gasteiger partial charge on any atom is -0.322 e. The molecule has 1 N–H and O–H groups in total. The van der Waals surface area contributed by atoms with Gasteiger partial charge in [-0.05, 0) is 25.0 Å². The van der Waals surface area contributed by atoms with Crippen LogP contribution in [0, 0.1) is 5.92 Å². The summed E-state index contributed by atoms with van der Waals surface area (Å²) in [6.45, 7) is 7.48. The molecular formula is C14H17NO. The lowest BCUT2D eigenvalue weighted by Gasteiger charge is -2.06. The fourth-order valence-corrected chi connectivity index (χ4v) is 1.29. The number of hydrogen-bond acceptors (Lipinski definition) is 1. The van der Waals surface area contributed by atoms with Gasteiger partial charge in [-0.3, -0.25) is 4.79 Å². The third-order valence-corrected chi connectivity index (χ3v) is 2.27. The molecule has 1 amide bonds. The van der Waals surface area contributed by atoms with Crippen molar-refractivity contribution in [3.05, 3.63) is 54.6 Å². The van der Waals surface area contributed by atoms with E-state index >= 15 is 0 Å². The number of hydrogen-bond donors (Lipinski definition) is 1. The Kier molecular flexibility index (Phi) is 4.52. The van der Waals surface area contributed by atoms with Crippen LogP contribution in [-0.4, -0.2) is 5.91 Å². The van der Waals surface area contributed by atoms with E-state index in [-0.39, 0.29) is 11.8 Å². The number of benzene rings is 1. The van der Waals surface area contributed by atoms with Crippen LogP contribution in [0.5, 0.6) is 0 Å². The number of amides is 1. The Bertz CT molecular complexity index is 392. The van der Waals surface area contributed by atoms with Crippen LogP contribution in [0.2, 0.25) is 0 Å². The minimum atomic E-state index is -0.0695. The van der Waals surface area contributed by atoms with Crippen molar-refractivity contribution in [2.24, 2.45) is 5.92 Å². The Hall–Kier alpha value is -1.83. The molecule has 0 aliphatic heterocycles. The average Bonchev–Trinajstić information content (AvgIpc) is 2.30. The second-order valence-corrected chi connectivity index (χ2v) is 3.76. The van der Waals surface area contributed by atoms with Gasteiger partial charge in [0, 0.05) is 11.3 Å². The van der Waals surface area contributed by atoms with E-state index < -0.39 is 0 Å². The van der Waals surface area contributed by atoms with Gasteiger partial charge in [0.2, 0.25) is 0 Å². The van der Waals surface area contributed by atoms with E-state index in [4.69, 9.17) is 0 Å². The Morgan fingerprint density at radius 3 is 2.56 bits per heavy atom. The number of carbonyl (C=O) groups is 1. The third-order valence-electron chi connectivity index (χ3n) is 2.27. The molecule has 0 heterocycles. The molecule has 0 aromatic heterocycles. The predicted octanol–water partition coefficient (Wildman–Crippen LogP) is 3.39. The van der Waals surface area contributed by atoms with Gasteiger partial charge in [-0.1, -0.05) is 37.3 Å². The molecule has 0 spiro atoms. The van der Waals surface area contributed by atoms with Crippen molar-refractivity contribution in [1.29, 1.82) is 0 Å². The lowest BCUT2D eigenvalue weighted by molar-refractivity contribution is -0.112. The van der Waals surface area contributed by atoms with E-state index in [9.17, 15) is 4.79 Å². The normalized spacial score (nSPS) is 13.0. The molecule has 2 heteroatoms. The molecule has 0 saturated carbocycles. The molecule has 1 aromatic rings. The van der Waals surface area contributed by atoms with Gasteiger partial charge < -0.3 is 5.32 Å². The van der Waals surface area contributed by atoms with Gasteiger partial charge in [-0.2, -0.15) is 0 Å². The fourth-order valence-electron chi connectivity index (χ4n) is 1.29. The summed E-state index contributed by atoms with van der Waals surface area (Å²) in [7, 11) is 0. The largest absolute Gasteiger partial charge is 0.322 e. The quantitative estimate of drug-likeness (QED) is 0.605. The van der Waals surface area contributed by atoms with Crippen molar-refractivity contribution < 1.29 is 4.79 Å². The molecule has 1 atom stereocenters. The smallest absolute Gasteiger partial charge is 0.250 e. The molecule has 1 rings (SSSR count). The van der Waals surface area contributed by atoms with E-state index in [0.717, 1.165) is 5.69 Å². The topological polar surface area (TPSA) is 29.1 Å². The summed E-state index contributed by atoms with van der Waals surface area (Å²) >= 11 is 0. The van der Waals surface area contributed by atoms with Crippen LogP contribution in [0.15, 0.2) is 54.6 Å². The SMILES string of the molecule is C=CC(C)/C=C(\C)C(=O)Nc1ccccc1. The van der Waals surface area contributed by atoms with Crippen molar-refractivity contribution in [3.8, 4) is 0 Å². The first-order valence-electron chi connectivity index (χ1n) is 5.31. The molecule has 0 fully saturated rings. The van der Waals surface area contributed by atoms with Crippen LogP contribution in [0.3, 0.4) is 0 Å². The number of anilines is 1. The summed E-state index contributed by atoms with van der Waals surface area (Å²) in [4.78, 5) is 11.8. The first kappa shape index (κ1) is 12.2. The van der Waals surface area contributed by atoms with E-state index in [1.54, 1.807) is 13.0 Å². The van der Waals surface area contributed by atoms with Crippen LogP contribution < -0.4 is 5.32 Å². The molecule has 0 aliphatic carbocycles. The predicted molar refractivity (Wildman–Crippen MR) is 68.2 cm³/mol. The van der Waals surface area contributed by atoms with Gasteiger partial charge in [0.25, 0.3) is 5.91 Å². The Morgan fingerprint density at radius 1 is 1.38 bits per heavy atom. The van der Waals surface area contributed by atoms with Gasteiger partial charge in [0.05, 0.1) is 0 Å². The highest BCUT2D eigenvalue weighted by molar-refractivity contribution is 6.03. The maximum absolute atomic E-state index is 11.8. The molecule has 1 aromatic carbocycles. The molecule has 0 aliphatic rings. The summed E-state index contributed by atoms with van der Waals surface area (Å²) in [6.07, 6.45) is 3.70.